The number of hydrogen-bond donors (Lipinski definition) is 1. The Labute approximate surface area is 123 Å². The summed E-state index contributed by atoms with van der Waals surface area (Å²) in [5, 5.41) is 2.91. The van der Waals surface area contributed by atoms with E-state index in [4.69, 9.17) is 10.7 Å². The lowest BCUT2D eigenvalue weighted by Gasteiger charge is -2.19. The molecular weight excluding hydrogens is 298 g/mol. The minimum atomic E-state index is -3.83. The van der Waals surface area contributed by atoms with Crippen LogP contribution in [0, 0.1) is 6.92 Å². The first-order valence-corrected chi connectivity index (χ1v) is 8.69. The van der Waals surface area contributed by atoms with Crippen molar-refractivity contribution in [2.24, 2.45) is 0 Å². The number of carbonyl (C=O) groups is 1. The van der Waals surface area contributed by atoms with E-state index in [-0.39, 0.29) is 16.8 Å². The van der Waals surface area contributed by atoms with E-state index in [2.05, 4.69) is 11.4 Å². The largest absolute Gasteiger partial charge is 0.349 e. The maximum atomic E-state index is 12.2. The number of rotatable bonds is 3. The van der Waals surface area contributed by atoms with Gasteiger partial charge in [-0.3, -0.25) is 4.79 Å². The molecule has 0 saturated carbocycles. The van der Waals surface area contributed by atoms with Crippen molar-refractivity contribution in [1.82, 2.24) is 5.32 Å². The van der Waals surface area contributed by atoms with Crippen LogP contribution in [0.4, 0.5) is 0 Å². The fraction of sp³-hybridized carbons (Fsp3) is 0.357. The van der Waals surface area contributed by atoms with Gasteiger partial charge >= 0.3 is 0 Å². The Hall–Kier alpha value is -1.33. The normalized spacial score (nSPS) is 18.8. The van der Waals surface area contributed by atoms with Gasteiger partial charge in [0.25, 0.3) is 15.0 Å². The quantitative estimate of drug-likeness (QED) is 0.689. The fourth-order valence-corrected chi connectivity index (χ4v) is 3.07. The minimum Gasteiger partial charge on any atom is -0.349 e. The predicted octanol–water partition coefficient (Wildman–Crippen LogP) is 2.76. The van der Waals surface area contributed by atoms with Gasteiger partial charge in [0, 0.05) is 22.3 Å². The van der Waals surface area contributed by atoms with E-state index >= 15 is 0 Å². The summed E-state index contributed by atoms with van der Waals surface area (Å²) in [6.07, 6.45) is 6.78. The number of hydrogen-bond acceptors (Lipinski definition) is 3. The molecule has 0 heterocycles. The van der Waals surface area contributed by atoms with E-state index in [9.17, 15) is 13.2 Å². The number of benzene rings is 1. The molecule has 2 rings (SSSR count). The van der Waals surface area contributed by atoms with Crippen LogP contribution < -0.4 is 5.32 Å². The molecule has 0 bridgehead atoms. The Kier molecular flexibility index (Phi) is 4.50. The van der Waals surface area contributed by atoms with Crippen LogP contribution in [-0.4, -0.2) is 20.4 Å². The van der Waals surface area contributed by atoms with Crippen molar-refractivity contribution < 1.29 is 13.2 Å². The second kappa shape index (κ2) is 5.97. The molecule has 0 fully saturated rings. The summed E-state index contributed by atoms with van der Waals surface area (Å²) in [5.41, 5.74) is 0.999. The van der Waals surface area contributed by atoms with Crippen molar-refractivity contribution in [3.8, 4) is 0 Å². The van der Waals surface area contributed by atoms with Gasteiger partial charge in [0.05, 0.1) is 4.90 Å². The lowest BCUT2D eigenvalue weighted by molar-refractivity contribution is 0.0934. The molecule has 0 aromatic heterocycles. The molecule has 0 spiro atoms. The van der Waals surface area contributed by atoms with Crippen molar-refractivity contribution in [1.29, 1.82) is 0 Å². The van der Waals surface area contributed by atoms with Gasteiger partial charge in [-0.2, -0.15) is 0 Å². The molecule has 0 aliphatic heterocycles. The summed E-state index contributed by atoms with van der Waals surface area (Å²) in [6.45, 7) is 1.73. The summed E-state index contributed by atoms with van der Waals surface area (Å²) in [4.78, 5) is 12.1. The fourth-order valence-electron chi connectivity index (χ4n) is 2.21. The standard InChI is InChI=1S/C14H16ClNO3S/c1-10-7-11(9-13(8-10)20(15,18)19)14(17)16-12-5-3-2-4-6-12/h2-3,7-9,12H,4-6H2,1H3,(H,16,17). The Balaban J connectivity index is 2.21. The third-order valence-corrected chi connectivity index (χ3v) is 4.53. The van der Waals surface area contributed by atoms with Crippen LogP contribution >= 0.6 is 10.7 Å². The van der Waals surface area contributed by atoms with E-state index in [1.807, 2.05) is 6.08 Å². The van der Waals surface area contributed by atoms with Crippen molar-refractivity contribution in [3.63, 3.8) is 0 Å². The Morgan fingerprint density at radius 2 is 2.05 bits per heavy atom. The zero-order chi connectivity index (χ0) is 14.8. The molecule has 0 saturated heterocycles. The monoisotopic (exact) mass is 313 g/mol. The Morgan fingerprint density at radius 1 is 1.30 bits per heavy atom. The van der Waals surface area contributed by atoms with Crippen LogP contribution in [0.3, 0.4) is 0 Å². The van der Waals surface area contributed by atoms with Gasteiger partial charge in [-0.25, -0.2) is 8.42 Å². The Bertz CT molecular complexity index is 652. The summed E-state index contributed by atoms with van der Waals surface area (Å²) in [6, 6.07) is 4.51. The van der Waals surface area contributed by atoms with Gasteiger partial charge in [0.2, 0.25) is 0 Å². The molecule has 1 amide bonds. The van der Waals surface area contributed by atoms with Crippen molar-refractivity contribution in [3.05, 3.63) is 41.5 Å². The molecule has 1 atom stereocenters. The smallest absolute Gasteiger partial charge is 0.261 e. The highest BCUT2D eigenvalue weighted by Crippen LogP contribution is 2.19. The maximum Gasteiger partial charge on any atom is 0.261 e. The van der Waals surface area contributed by atoms with E-state index < -0.39 is 9.05 Å². The van der Waals surface area contributed by atoms with E-state index in [0.717, 1.165) is 19.3 Å². The number of nitrogens with one attached hydrogen (secondary N) is 1. The molecule has 1 aromatic carbocycles. The van der Waals surface area contributed by atoms with Gasteiger partial charge in [-0.15, -0.1) is 0 Å². The average Bonchev–Trinajstić information content (AvgIpc) is 2.38. The number of halogens is 1. The van der Waals surface area contributed by atoms with Crippen LogP contribution in [0.15, 0.2) is 35.2 Å². The van der Waals surface area contributed by atoms with Crippen LogP contribution in [0.1, 0.15) is 35.2 Å². The lowest BCUT2D eigenvalue weighted by atomic mass is 10.0. The van der Waals surface area contributed by atoms with Gasteiger partial charge in [-0.05, 0) is 49.9 Å². The minimum absolute atomic E-state index is 0.0483. The maximum absolute atomic E-state index is 12.2. The second-order valence-electron chi connectivity index (χ2n) is 4.93. The molecule has 1 N–H and O–H groups in total. The summed E-state index contributed by atoms with van der Waals surface area (Å²) >= 11 is 0. The van der Waals surface area contributed by atoms with Gasteiger partial charge in [0.15, 0.2) is 0 Å². The topological polar surface area (TPSA) is 63.2 Å². The number of aryl methyl sites for hydroxylation is 1. The van der Waals surface area contributed by atoms with Crippen LogP contribution in [0.2, 0.25) is 0 Å². The lowest BCUT2D eigenvalue weighted by Crippen LogP contribution is -2.35. The molecular formula is C14H16ClNO3S. The van der Waals surface area contributed by atoms with Gasteiger partial charge < -0.3 is 5.32 Å². The molecule has 1 aliphatic rings. The summed E-state index contributed by atoms with van der Waals surface area (Å²) in [7, 11) is 1.50. The third-order valence-electron chi connectivity index (χ3n) is 3.20. The molecule has 6 heteroatoms. The van der Waals surface area contributed by atoms with Crippen molar-refractivity contribution in [2.45, 2.75) is 37.1 Å². The molecule has 1 unspecified atom stereocenters. The highest BCUT2D eigenvalue weighted by Gasteiger charge is 2.17. The summed E-state index contributed by atoms with van der Waals surface area (Å²) in [5.74, 6) is -0.268. The number of carbonyl (C=O) groups excluding carboxylic acids is 1. The first kappa shape index (κ1) is 15.1. The number of allylic oxidation sites excluding steroid dienone is 1. The summed E-state index contributed by atoms with van der Waals surface area (Å²) < 4.78 is 22.7. The molecule has 1 aliphatic carbocycles. The van der Waals surface area contributed by atoms with E-state index in [1.54, 1.807) is 13.0 Å². The first-order chi connectivity index (χ1) is 9.36. The molecule has 108 valence electrons. The zero-order valence-corrected chi connectivity index (χ0v) is 12.7. The van der Waals surface area contributed by atoms with E-state index in [1.165, 1.54) is 12.1 Å². The highest BCUT2D eigenvalue weighted by molar-refractivity contribution is 8.13. The highest BCUT2D eigenvalue weighted by atomic mass is 35.7. The Morgan fingerprint density at radius 3 is 2.65 bits per heavy atom. The van der Waals surface area contributed by atoms with Crippen LogP contribution in [0.5, 0.6) is 0 Å². The average molecular weight is 314 g/mol. The van der Waals surface area contributed by atoms with Gasteiger partial charge in [-0.1, -0.05) is 12.2 Å². The molecule has 0 radical (unpaired) electrons. The molecule has 4 nitrogen and oxygen atoms in total. The van der Waals surface area contributed by atoms with Crippen LogP contribution in [-0.2, 0) is 9.05 Å². The van der Waals surface area contributed by atoms with Crippen molar-refractivity contribution >= 4 is 25.6 Å². The second-order valence-corrected chi connectivity index (χ2v) is 7.49. The predicted molar refractivity (Wildman–Crippen MR) is 78.5 cm³/mol. The van der Waals surface area contributed by atoms with Crippen LogP contribution in [0.25, 0.3) is 0 Å². The van der Waals surface area contributed by atoms with Crippen molar-refractivity contribution in [2.75, 3.05) is 0 Å². The zero-order valence-electron chi connectivity index (χ0n) is 11.1. The third kappa shape index (κ3) is 3.84. The van der Waals surface area contributed by atoms with Gasteiger partial charge in [0.1, 0.15) is 0 Å². The molecule has 1 aromatic rings. The number of amides is 1. The first-order valence-electron chi connectivity index (χ1n) is 6.38. The van der Waals surface area contributed by atoms with E-state index in [0.29, 0.717) is 11.1 Å². The molecule has 20 heavy (non-hydrogen) atoms. The SMILES string of the molecule is Cc1cc(C(=O)NC2CC=CCC2)cc(S(=O)(=O)Cl)c1.